The van der Waals surface area contributed by atoms with Crippen LogP contribution in [0.3, 0.4) is 0 Å². The molecule has 0 amide bonds. The van der Waals surface area contributed by atoms with Gasteiger partial charge in [0.2, 0.25) is 0 Å². The Morgan fingerprint density at radius 2 is 1.57 bits per heavy atom. The van der Waals surface area contributed by atoms with Gasteiger partial charge in [-0.2, -0.15) is 0 Å². The quantitative estimate of drug-likeness (QED) is 0.162. The Hall–Kier alpha value is -4.96. The molecule has 0 spiro atoms. The van der Waals surface area contributed by atoms with Crippen molar-refractivity contribution in [3.05, 3.63) is 150 Å². The van der Waals surface area contributed by atoms with Crippen LogP contribution in [-0.2, 0) is 25.5 Å². The van der Waals surface area contributed by atoms with E-state index in [2.05, 4.69) is 74.1 Å². The minimum Gasteiger partial charge on any atom is -0.499 e. The summed E-state index contributed by atoms with van der Waals surface area (Å²) in [6.45, 7) is 1.41. The normalized spacial score (nSPS) is 14.8. The van der Waals surface area contributed by atoms with Crippen molar-refractivity contribution in [3.63, 3.8) is 0 Å². The predicted octanol–water partition coefficient (Wildman–Crippen LogP) is 12.1. The Morgan fingerprint density at radius 1 is 0.784 bits per heavy atom. The van der Waals surface area contributed by atoms with Crippen LogP contribution in [0.25, 0.3) is 66.6 Å². The number of rotatable bonds is 5. The third-order valence-electron chi connectivity index (χ3n) is 9.52. The van der Waals surface area contributed by atoms with Crippen molar-refractivity contribution in [1.29, 1.82) is 0 Å². The van der Waals surface area contributed by atoms with Gasteiger partial charge < -0.3 is 14.4 Å². The van der Waals surface area contributed by atoms with E-state index < -0.39 is 20.6 Å². The Balaban J connectivity index is 0.000000198. The number of aryl methyl sites for hydroxylation is 3. The average Bonchev–Trinajstić information content (AvgIpc) is 3.56. The van der Waals surface area contributed by atoms with E-state index in [9.17, 15) is 0 Å². The van der Waals surface area contributed by atoms with Crippen molar-refractivity contribution in [2.24, 2.45) is 5.92 Å². The largest absolute Gasteiger partial charge is 0.499 e. The van der Waals surface area contributed by atoms with Crippen LogP contribution >= 0.6 is 0 Å². The second-order valence-electron chi connectivity index (χ2n) is 13.2. The van der Waals surface area contributed by atoms with Gasteiger partial charge in [-0.05, 0) is 76.7 Å². The Kier molecular flexibility index (Phi) is 7.48. The second kappa shape index (κ2) is 14.7. The molecule has 257 valence electrons. The summed E-state index contributed by atoms with van der Waals surface area (Å²) >= 11 is 0. The van der Waals surface area contributed by atoms with E-state index in [0.29, 0.717) is 22.6 Å². The van der Waals surface area contributed by atoms with Crippen LogP contribution in [0.4, 0.5) is 0 Å². The zero-order chi connectivity index (χ0) is 42.5. The van der Waals surface area contributed by atoms with Crippen molar-refractivity contribution in [2.45, 2.75) is 53.7 Å². The molecule has 4 heterocycles. The molecule has 8 rings (SSSR count). The van der Waals surface area contributed by atoms with E-state index in [1.807, 2.05) is 42.6 Å². The van der Waals surface area contributed by atoms with Crippen LogP contribution in [0.15, 0.2) is 120 Å². The van der Waals surface area contributed by atoms with Crippen LogP contribution in [0.1, 0.15) is 62.3 Å². The maximum absolute atomic E-state index is 7.81. The van der Waals surface area contributed by atoms with Gasteiger partial charge in [-0.15, -0.1) is 47.5 Å². The van der Waals surface area contributed by atoms with Gasteiger partial charge in [0.05, 0.1) is 16.6 Å². The molecule has 0 bridgehead atoms. The number of pyridine rings is 3. The van der Waals surface area contributed by atoms with Gasteiger partial charge in [0.15, 0.2) is 0 Å². The number of benzene rings is 4. The van der Waals surface area contributed by atoms with E-state index in [1.54, 1.807) is 30.3 Å². The molecule has 0 N–H and O–H groups in total. The van der Waals surface area contributed by atoms with Crippen LogP contribution in [0, 0.1) is 38.6 Å². The number of aromatic nitrogens is 3. The van der Waals surface area contributed by atoms with Crippen molar-refractivity contribution in [3.8, 4) is 33.6 Å². The molecule has 51 heavy (non-hydrogen) atoms. The molecule has 0 fully saturated rings. The van der Waals surface area contributed by atoms with E-state index in [0.717, 1.165) is 50.4 Å². The molecule has 0 aliphatic carbocycles. The van der Waals surface area contributed by atoms with Crippen LogP contribution in [-0.4, -0.2) is 15.0 Å². The first-order valence-corrected chi connectivity index (χ1v) is 16.5. The Bertz CT molecular complexity index is 2810. The maximum atomic E-state index is 7.81. The van der Waals surface area contributed by atoms with E-state index in [4.69, 9.17) is 21.7 Å². The van der Waals surface area contributed by atoms with E-state index >= 15 is 0 Å². The van der Waals surface area contributed by atoms with Crippen molar-refractivity contribution < 1.29 is 36.9 Å². The predicted molar refractivity (Wildman–Crippen MR) is 207 cm³/mol. The van der Waals surface area contributed by atoms with Crippen LogP contribution in [0.5, 0.6) is 0 Å². The van der Waals surface area contributed by atoms with Crippen molar-refractivity contribution in [1.82, 2.24) is 15.0 Å². The molecule has 0 saturated heterocycles. The summed E-state index contributed by atoms with van der Waals surface area (Å²) in [6, 6.07) is 37.7. The second-order valence-corrected chi connectivity index (χ2v) is 13.2. The molecule has 4 aromatic heterocycles. The van der Waals surface area contributed by atoms with Gasteiger partial charge in [-0.1, -0.05) is 112 Å². The summed E-state index contributed by atoms with van der Waals surface area (Å²) < 4.78 is 75.6. The fraction of sp³-hybridized carbons (Fsp3) is 0.196. The Morgan fingerprint density at radius 3 is 2.35 bits per heavy atom. The molecule has 0 saturated carbocycles. The van der Waals surface area contributed by atoms with Gasteiger partial charge in [0, 0.05) is 50.2 Å². The number of hydrogen-bond acceptors (Lipinski definition) is 4. The monoisotopic (exact) mass is 853 g/mol. The Labute approximate surface area is 327 Å². The zero-order valence-corrected chi connectivity index (χ0v) is 31.0. The number of para-hydroxylation sites is 1. The van der Waals surface area contributed by atoms with Gasteiger partial charge in [0.25, 0.3) is 0 Å². The molecule has 0 unspecified atom stereocenters. The third kappa shape index (κ3) is 7.15. The summed E-state index contributed by atoms with van der Waals surface area (Å²) in [6.07, 6.45) is 2.93. The molecule has 1 radical (unpaired) electrons. The van der Waals surface area contributed by atoms with Crippen molar-refractivity contribution in [2.75, 3.05) is 0 Å². The smallest absolute Gasteiger partial charge is 0.140 e. The number of hydrogen-bond donors (Lipinski definition) is 0. The topological polar surface area (TPSA) is 51.8 Å². The summed E-state index contributed by atoms with van der Waals surface area (Å²) in [5.74, 6) is 0.514. The van der Waals surface area contributed by atoms with Crippen LogP contribution in [0.2, 0.25) is 0 Å². The summed E-state index contributed by atoms with van der Waals surface area (Å²) in [5.41, 5.74) is 7.64. The first-order chi connectivity index (χ1) is 27.7. The summed E-state index contributed by atoms with van der Waals surface area (Å²) in [5, 5.41) is 2.07. The number of furan rings is 1. The maximum Gasteiger partial charge on any atom is 0.140 e. The van der Waals surface area contributed by atoms with E-state index in [1.165, 1.54) is 17.7 Å². The third-order valence-corrected chi connectivity index (χ3v) is 9.52. The van der Waals surface area contributed by atoms with Crippen molar-refractivity contribution >= 4 is 33.0 Å². The minimum atomic E-state index is -2.65. The average molecular weight is 853 g/mol. The molecule has 0 aliphatic heterocycles. The molecular weight excluding hydrogens is 803 g/mol. The van der Waals surface area contributed by atoms with Gasteiger partial charge in [-0.3, -0.25) is 0 Å². The first-order valence-electron chi connectivity index (χ1n) is 21.0. The number of nitrogens with zero attached hydrogens (tertiary/aromatic N) is 3. The standard InChI is InChI=1S/C26H23N2O.C20H18N.Ir/c1-16(2)26(3,4)18-12-13-27-22(15-18)19-9-7-10-20-24-23(29-25(19)20)14-17-8-5-6-11-21(17)28-24;1-14-9-10-18(20-11-15(2)16(3)13-21-20)12-19(14)17-7-5-4-6-8-17;/h5-8,10-16H,1-4H3;4-9,11-13H,1-3H3;/q2*-1;/i;1D3,2D3,3D3;. The molecule has 0 atom stereocenters. The first kappa shape index (κ1) is 25.9. The number of fused-ring (bicyclic) bond motifs is 4. The molecule has 4 aromatic carbocycles. The molecule has 4 nitrogen and oxygen atoms in total. The zero-order valence-electron chi connectivity index (χ0n) is 37.6. The summed E-state index contributed by atoms with van der Waals surface area (Å²) in [7, 11) is 0. The fourth-order valence-corrected chi connectivity index (χ4v) is 5.84. The molecule has 8 aromatic rings. The molecule has 5 heteroatoms. The van der Waals surface area contributed by atoms with E-state index in [-0.39, 0.29) is 47.9 Å². The van der Waals surface area contributed by atoms with Gasteiger partial charge in [0.1, 0.15) is 5.58 Å². The fourth-order valence-electron chi connectivity index (χ4n) is 5.84. The summed E-state index contributed by atoms with van der Waals surface area (Å²) in [4.78, 5) is 13.6. The SMILES string of the molecule is CC(C)C(C)(C)c1ccnc(-c2[c-]ccc3c2oc2cc4ccccc4nc23)c1.[2H]C([2H])([2H])c1c[c-]c(-c2cc(C([2H])([2H])[2H])c(C([2H])([2H])[2H])cn2)cc1-c1ccccc1.[Ir]. The van der Waals surface area contributed by atoms with Crippen LogP contribution < -0.4 is 0 Å². The van der Waals surface area contributed by atoms with Gasteiger partial charge >= 0.3 is 0 Å². The molecule has 0 aliphatic rings. The van der Waals surface area contributed by atoms with Gasteiger partial charge in [-0.25, -0.2) is 4.98 Å². The molecular formula is C46H41IrN3O-2. The minimum absolute atomic E-state index is 0.